The Morgan fingerprint density at radius 1 is 0.812 bits per heavy atom. The molecule has 0 aliphatic carbocycles. The van der Waals surface area contributed by atoms with Crippen LogP contribution in [-0.2, 0) is 4.79 Å². The first-order valence-corrected chi connectivity index (χ1v) is 10.9. The first kappa shape index (κ1) is 21.7. The van der Waals surface area contributed by atoms with E-state index in [1.165, 1.54) is 0 Å². The van der Waals surface area contributed by atoms with E-state index in [9.17, 15) is 9.59 Å². The zero-order valence-electron chi connectivity index (χ0n) is 17.5. The SMILES string of the molecule is O=C(Nc1ccccc1Oc1ccccc1Cl)C1CCN(C(=O)Nc2ccccc2)CC1. The summed E-state index contributed by atoms with van der Waals surface area (Å²) >= 11 is 6.19. The lowest BCUT2D eigenvalue weighted by Crippen LogP contribution is -2.43. The van der Waals surface area contributed by atoms with Gasteiger partial charge < -0.3 is 20.3 Å². The van der Waals surface area contributed by atoms with Crippen LogP contribution in [-0.4, -0.2) is 29.9 Å². The van der Waals surface area contributed by atoms with Gasteiger partial charge in [0, 0.05) is 24.7 Å². The quantitative estimate of drug-likeness (QED) is 0.500. The second-order valence-corrected chi connectivity index (χ2v) is 7.98. The molecule has 7 heteroatoms. The van der Waals surface area contributed by atoms with Crippen molar-refractivity contribution in [1.29, 1.82) is 0 Å². The number of hydrogen-bond acceptors (Lipinski definition) is 3. The molecule has 0 unspecified atom stereocenters. The zero-order chi connectivity index (χ0) is 22.3. The van der Waals surface area contributed by atoms with Crippen LogP contribution >= 0.6 is 11.6 Å². The fourth-order valence-electron chi connectivity index (χ4n) is 3.61. The molecule has 0 bridgehead atoms. The molecule has 1 fully saturated rings. The van der Waals surface area contributed by atoms with Gasteiger partial charge in [0.2, 0.25) is 5.91 Å². The molecular formula is C25H24ClN3O3. The average molecular weight is 450 g/mol. The first-order valence-electron chi connectivity index (χ1n) is 10.5. The van der Waals surface area contributed by atoms with Gasteiger partial charge in [-0.05, 0) is 49.2 Å². The van der Waals surface area contributed by atoms with Crippen molar-refractivity contribution in [3.63, 3.8) is 0 Å². The number of likely N-dealkylation sites (tertiary alicyclic amines) is 1. The molecule has 1 aliphatic rings. The fraction of sp³-hybridized carbons (Fsp3) is 0.200. The number of amides is 3. The second kappa shape index (κ2) is 10.2. The van der Waals surface area contributed by atoms with Crippen molar-refractivity contribution in [3.8, 4) is 11.5 Å². The van der Waals surface area contributed by atoms with Crippen LogP contribution in [0, 0.1) is 5.92 Å². The van der Waals surface area contributed by atoms with Crippen molar-refractivity contribution < 1.29 is 14.3 Å². The molecule has 6 nitrogen and oxygen atoms in total. The summed E-state index contributed by atoms with van der Waals surface area (Å²) in [6, 6.07) is 23.7. The van der Waals surface area contributed by atoms with Gasteiger partial charge in [0.15, 0.2) is 5.75 Å². The molecule has 0 radical (unpaired) electrons. The highest BCUT2D eigenvalue weighted by Crippen LogP contribution is 2.34. The van der Waals surface area contributed by atoms with E-state index in [4.69, 9.17) is 16.3 Å². The molecule has 1 heterocycles. The minimum Gasteiger partial charge on any atom is -0.454 e. The number of benzene rings is 3. The highest BCUT2D eigenvalue weighted by atomic mass is 35.5. The van der Waals surface area contributed by atoms with Crippen molar-refractivity contribution in [2.75, 3.05) is 23.7 Å². The van der Waals surface area contributed by atoms with E-state index in [1.807, 2.05) is 54.6 Å². The Balaban J connectivity index is 1.34. The van der Waals surface area contributed by atoms with Crippen molar-refractivity contribution >= 4 is 34.9 Å². The van der Waals surface area contributed by atoms with E-state index >= 15 is 0 Å². The van der Waals surface area contributed by atoms with Gasteiger partial charge in [-0.15, -0.1) is 0 Å². The maximum absolute atomic E-state index is 12.9. The molecule has 2 N–H and O–H groups in total. The van der Waals surface area contributed by atoms with Gasteiger partial charge in [-0.3, -0.25) is 4.79 Å². The molecule has 0 spiro atoms. The molecule has 1 aliphatic heterocycles. The Hall–Kier alpha value is -3.51. The van der Waals surface area contributed by atoms with Crippen molar-refractivity contribution in [3.05, 3.63) is 83.9 Å². The van der Waals surface area contributed by atoms with E-state index in [-0.39, 0.29) is 17.9 Å². The molecule has 0 aromatic heterocycles. The van der Waals surface area contributed by atoms with E-state index in [0.717, 1.165) is 5.69 Å². The molecule has 4 rings (SSSR count). The molecule has 3 amide bonds. The van der Waals surface area contributed by atoms with Crippen LogP contribution in [0.25, 0.3) is 0 Å². The Labute approximate surface area is 192 Å². The van der Waals surface area contributed by atoms with Crippen LogP contribution < -0.4 is 15.4 Å². The van der Waals surface area contributed by atoms with Crippen LogP contribution in [0.3, 0.4) is 0 Å². The normalized spacial score (nSPS) is 14.0. The maximum atomic E-state index is 12.9. The van der Waals surface area contributed by atoms with Crippen LogP contribution in [0.2, 0.25) is 5.02 Å². The summed E-state index contributed by atoms with van der Waals surface area (Å²) in [6.45, 7) is 1.04. The number of piperidine rings is 1. The monoisotopic (exact) mass is 449 g/mol. The van der Waals surface area contributed by atoms with Gasteiger partial charge in [0.1, 0.15) is 5.75 Å². The fourth-order valence-corrected chi connectivity index (χ4v) is 3.78. The number of halogens is 1. The summed E-state index contributed by atoms with van der Waals surface area (Å²) in [5.74, 6) is 0.787. The zero-order valence-corrected chi connectivity index (χ0v) is 18.2. The number of carbonyl (C=O) groups is 2. The molecular weight excluding hydrogens is 426 g/mol. The average Bonchev–Trinajstić information content (AvgIpc) is 2.82. The maximum Gasteiger partial charge on any atom is 0.321 e. The summed E-state index contributed by atoms with van der Waals surface area (Å²) < 4.78 is 5.93. The second-order valence-electron chi connectivity index (χ2n) is 7.58. The Morgan fingerprint density at radius 2 is 1.44 bits per heavy atom. The van der Waals surface area contributed by atoms with E-state index < -0.39 is 0 Å². The standard InChI is InChI=1S/C25H24ClN3O3/c26-20-10-4-6-12-22(20)32-23-13-7-5-11-21(23)28-24(30)18-14-16-29(17-15-18)25(31)27-19-8-2-1-3-9-19/h1-13,18H,14-17H2,(H,27,31)(H,28,30). The molecule has 3 aromatic rings. The molecule has 3 aromatic carbocycles. The number of hydrogen-bond donors (Lipinski definition) is 2. The summed E-state index contributed by atoms with van der Waals surface area (Å²) in [4.78, 5) is 27.1. The van der Waals surface area contributed by atoms with Gasteiger partial charge in [0.25, 0.3) is 0 Å². The number of carbonyl (C=O) groups excluding carboxylic acids is 2. The minimum absolute atomic E-state index is 0.0803. The summed E-state index contributed by atoms with van der Waals surface area (Å²) in [5.41, 5.74) is 1.34. The number of nitrogens with one attached hydrogen (secondary N) is 2. The lowest BCUT2D eigenvalue weighted by Gasteiger charge is -2.31. The van der Waals surface area contributed by atoms with Crippen LogP contribution in [0.15, 0.2) is 78.9 Å². The molecule has 0 saturated carbocycles. The van der Waals surface area contributed by atoms with Gasteiger partial charge in [-0.2, -0.15) is 0 Å². The predicted molar refractivity (Wildman–Crippen MR) is 126 cm³/mol. The van der Waals surface area contributed by atoms with Crippen molar-refractivity contribution in [1.82, 2.24) is 4.90 Å². The topological polar surface area (TPSA) is 70.7 Å². The smallest absolute Gasteiger partial charge is 0.321 e. The molecule has 164 valence electrons. The lowest BCUT2D eigenvalue weighted by atomic mass is 9.96. The molecule has 0 atom stereocenters. The van der Waals surface area contributed by atoms with E-state index in [0.29, 0.717) is 48.1 Å². The summed E-state index contributed by atoms with van der Waals surface area (Å²) in [6.07, 6.45) is 1.20. The third-order valence-corrected chi connectivity index (χ3v) is 5.69. The van der Waals surface area contributed by atoms with Crippen molar-refractivity contribution in [2.45, 2.75) is 12.8 Å². The highest BCUT2D eigenvalue weighted by molar-refractivity contribution is 6.32. The van der Waals surface area contributed by atoms with Gasteiger partial charge in [-0.1, -0.05) is 54.1 Å². The van der Waals surface area contributed by atoms with Gasteiger partial charge in [0.05, 0.1) is 10.7 Å². The van der Waals surface area contributed by atoms with Gasteiger partial charge >= 0.3 is 6.03 Å². The molecule has 32 heavy (non-hydrogen) atoms. The Morgan fingerprint density at radius 3 is 2.16 bits per heavy atom. The summed E-state index contributed by atoms with van der Waals surface area (Å²) in [5, 5.41) is 6.36. The minimum atomic E-state index is -0.177. The number of ether oxygens (including phenoxy) is 1. The highest BCUT2D eigenvalue weighted by Gasteiger charge is 2.28. The van der Waals surface area contributed by atoms with Crippen LogP contribution in [0.4, 0.5) is 16.2 Å². The van der Waals surface area contributed by atoms with Crippen LogP contribution in [0.5, 0.6) is 11.5 Å². The van der Waals surface area contributed by atoms with E-state index in [2.05, 4.69) is 10.6 Å². The Kier molecular flexibility index (Phi) is 6.92. The summed E-state index contributed by atoms with van der Waals surface area (Å²) in [7, 11) is 0. The number of anilines is 2. The number of nitrogens with zero attached hydrogens (tertiary/aromatic N) is 1. The van der Waals surface area contributed by atoms with Crippen LogP contribution in [0.1, 0.15) is 12.8 Å². The molecule has 1 saturated heterocycles. The van der Waals surface area contributed by atoms with Gasteiger partial charge in [-0.25, -0.2) is 4.79 Å². The number of para-hydroxylation sites is 4. The number of urea groups is 1. The van der Waals surface area contributed by atoms with Crippen molar-refractivity contribution in [2.24, 2.45) is 5.92 Å². The third kappa shape index (κ3) is 5.39. The third-order valence-electron chi connectivity index (χ3n) is 5.38. The predicted octanol–water partition coefficient (Wildman–Crippen LogP) is 6.01. The lowest BCUT2D eigenvalue weighted by molar-refractivity contribution is -0.121. The Bertz CT molecular complexity index is 1080. The first-order chi connectivity index (χ1) is 15.6. The number of rotatable bonds is 5. The largest absolute Gasteiger partial charge is 0.454 e. The van der Waals surface area contributed by atoms with E-state index in [1.54, 1.807) is 29.2 Å².